The van der Waals surface area contributed by atoms with Gasteiger partial charge in [-0.2, -0.15) is 18.4 Å². The Morgan fingerprint density at radius 2 is 2.00 bits per heavy atom. The topological polar surface area (TPSA) is 145 Å². The summed E-state index contributed by atoms with van der Waals surface area (Å²) in [4.78, 5) is 14.5. The summed E-state index contributed by atoms with van der Waals surface area (Å²) in [6.07, 6.45) is -6.05. The van der Waals surface area contributed by atoms with Crippen LogP contribution in [0, 0.1) is 17.1 Å². The number of hydrogen-bond acceptors (Lipinski definition) is 8. The van der Waals surface area contributed by atoms with Crippen molar-refractivity contribution in [3.8, 4) is 6.07 Å². The monoisotopic (exact) mass is 502 g/mol. The fourth-order valence-electron chi connectivity index (χ4n) is 3.27. The standard InChI is InChI=1S/C20H18F4N4O5S/c1-19(30,9-34(31,32)11-3-4-12(14(21)6-11)17(29)26-2)16-18(33-16)28-10-5-13(20(22,23)24)15(7-25)27-8-10/h3-6,8,16,18,28,30H,9H2,1-2H3,(H,26,29)/t16?,18?,19-/m0/s1. The molecule has 0 aliphatic carbocycles. The average molecular weight is 502 g/mol. The highest BCUT2D eigenvalue weighted by Crippen LogP contribution is 2.37. The molecule has 3 rings (SSSR count). The molecule has 34 heavy (non-hydrogen) atoms. The molecular weight excluding hydrogens is 484 g/mol. The number of amides is 1. The highest BCUT2D eigenvalue weighted by Gasteiger charge is 2.54. The lowest BCUT2D eigenvalue weighted by Gasteiger charge is -2.21. The van der Waals surface area contributed by atoms with Crippen molar-refractivity contribution in [1.82, 2.24) is 10.3 Å². The molecule has 1 aliphatic heterocycles. The predicted octanol–water partition coefficient (Wildman–Crippen LogP) is 1.83. The van der Waals surface area contributed by atoms with Gasteiger partial charge >= 0.3 is 6.18 Å². The van der Waals surface area contributed by atoms with Crippen LogP contribution >= 0.6 is 0 Å². The Morgan fingerprint density at radius 3 is 2.56 bits per heavy atom. The maximum atomic E-state index is 14.2. The first kappa shape index (κ1) is 25.3. The number of aliphatic hydroxyl groups is 1. The molecule has 0 radical (unpaired) electrons. The first-order valence-corrected chi connectivity index (χ1v) is 11.2. The summed E-state index contributed by atoms with van der Waals surface area (Å²) in [5, 5.41) is 24.2. The molecule has 1 fully saturated rings. The van der Waals surface area contributed by atoms with Gasteiger partial charge in [0.1, 0.15) is 23.6 Å². The number of alkyl halides is 3. The van der Waals surface area contributed by atoms with Gasteiger partial charge in [-0.25, -0.2) is 17.8 Å². The lowest BCUT2D eigenvalue weighted by atomic mass is 10.1. The highest BCUT2D eigenvalue weighted by molar-refractivity contribution is 7.91. The van der Waals surface area contributed by atoms with Crippen molar-refractivity contribution in [1.29, 1.82) is 5.26 Å². The van der Waals surface area contributed by atoms with Crippen LogP contribution in [0.25, 0.3) is 0 Å². The van der Waals surface area contributed by atoms with E-state index in [-0.39, 0.29) is 11.3 Å². The molecule has 2 unspecified atom stereocenters. The van der Waals surface area contributed by atoms with E-state index < -0.39 is 67.6 Å². The zero-order valence-electron chi connectivity index (χ0n) is 17.6. The van der Waals surface area contributed by atoms with E-state index >= 15 is 0 Å². The Bertz CT molecular complexity index is 1270. The molecule has 0 saturated carbocycles. The Morgan fingerprint density at radius 1 is 1.32 bits per heavy atom. The molecule has 2 aromatic rings. The van der Waals surface area contributed by atoms with Crippen LogP contribution in [0.3, 0.4) is 0 Å². The number of benzene rings is 1. The van der Waals surface area contributed by atoms with Gasteiger partial charge in [0.2, 0.25) is 0 Å². The SMILES string of the molecule is CNC(=O)c1ccc(S(=O)(=O)C[C@](C)(O)C2OC2Nc2cnc(C#N)c(C(F)(F)F)c2)cc1F. The molecule has 1 aromatic carbocycles. The Labute approximate surface area is 191 Å². The van der Waals surface area contributed by atoms with Gasteiger partial charge < -0.3 is 20.5 Å². The van der Waals surface area contributed by atoms with Gasteiger partial charge in [-0.05, 0) is 31.2 Å². The smallest absolute Gasteiger partial charge is 0.386 e. The van der Waals surface area contributed by atoms with Gasteiger partial charge in [-0.3, -0.25) is 4.79 Å². The molecule has 1 amide bonds. The van der Waals surface area contributed by atoms with Crippen molar-refractivity contribution in [3.05, 3.63) is 53.1 Å². The van der Waals surface area contributed by atoms with Crippen molar-refractivity contribution in [3.63, 3.8) is 0 Å². The normalized spacial score (nSPS) is 19.6. The molecule has 2 heterocycles. The van der Waals surface area contributed by atoms with Gasteiger partial charge in [0.05, 0.1) is 33.7 Å². The summed E-state index contributed by atoms with van der Waals surface area (Å²) < 4.78 is 84.1. The predicted molar refractivity (Wildman–Crippen MR) is 109 cm³/mol. The minimum absolute atomic E-state index is 0.163. The number of nitrogens with zero attached hydrogens (tertiary/aromatic N) is 2. The number of aromatic nitrogens is 1. The number of nitriles is 1. The third-order valence-corrected chi connectivity index (χ3v) is 6.90. The second-order valence-electron chi connectivity index (χ2n) is 7.69. The van der Waals surface area contributed by atoms with Gasteiger partial charge in [0.15, 0.2) is 21.8 Å². The van der Waals surface area contributed by atoms with Crippen molar-refractivity contribution < 1.29 is 40.6 Å². The second-order valence-corrected chi connectivity index (χ2v) is 9.68. The summed E-state index contributed by atoms with van der Waals surface area (Å²) in [5.74, 6) is -2.73. The molecule has 14 heteroatoms. The van der Waals surface area contributed by atoms with E-state index in [0.29, 0.717) is 12.1 Å². The lowest BCUT2D eigenvalue weighted by Crippen LogP contribution is -2.41. The summed E-state index contributed by atoms with van der Waals surface area (Å²) >= 11 is 0. The highest BCUT2D eigenvalue weighted by atomic mass is 32.2. The summed E-state index contributed by atoms with van der Waals surface area (Å²) in [5.41, 5.74) is -4.63. The number of ether oxygens (including phenoxy) is 1. The van der Waals surface area contributed by atoms with E-state index in [4.69, 9.17) is 10.00 Å². The Hall–Kier alpha value is -3.28. The van der Waals surface area contributed by atoms with E-state index in [1.165, 1.54) is 13.1 Å². The number of nitrogens with one attached hydrogen (secondary N) is 2. The molecule has 0 spiro atoms. The van der Waals surface area contributed by atoms with Gasteiger partial charge in [-0.15, -0.1) is 0 Å². The van der Waals surface area contributed by atoms with Crippen LogP contribution in [0.4, 0.5) is 23.2 Å². The minimum Gasteiger partial charge on any atom is -0.386 e. The van der Waals surface area contributed by atoms with Crippen molar-refractivity contribution in [2.75, 3.05) is 18.1 Å². The number of sulfone groups is 1. The Kier molecular flexibility index (Phi) is 6.57. The van der Waals surface area contributed by atoms with Gasteiger partial charge in [-0.1, -0.05) is 0 Å². The maximum absolute atomic E-state index is 14.2. The summed E-state index contributed by atoms with van der Waals surface area (Å²) in [6.45, 7) is 1.14. The van der Waals surface area contributed by atoms with Crippen molar-refractivity contribution in [2.24, 2.45) is 0 Å². The number of epoxide rings is 1. The molecule has 3 N–H and O–H groups in total. The molecule has 182 valence electrons. The van der Waals surface area contributed by atoms with Crippen molar-refractivity contribution in [2.45, 2.75) is 35.9 Å². The average Bonchev–Trinajstić information content (AvgIpc) is 3.52. The molecule has 3 atom stereocenters. The van der Waals surface area contributed by atoms with Crippen LogP contribution < -0.4 is 10.6 Å². The minimum atomic E-state index is -4.83. The van der Waals surface area contributed by atoms with Crippen LogP contribution in [-0.4, -0.2) is 55.1 Å². The number of hydrogen-bond donors (Lipinski definition) is 3. The van der Waals surface area contributed by atoms with E-state index in [2.05, 4.69) is 15.6 Å². The van der Waals surface area contributed by atoms with Gasteiger partial charge in [0.25, 0.3) is 5.91 Å². The van der Waals surface area contributed by atoms with E-state index in [1.54, 1.807) is 0 Å². The largest absolute Gasteiger partial charge is 0.419 e. The van der Waals surface area contributed by atoms with Crippen LogP contribution in [-0.2, 0) is 20.8 Å². The number of rotatable bonds is 7. The summed E-state index contributed by atoms with van der Waals surface area (Å²) in [6, 6.07) is 4.65. The Balaban J connectivity index is 1.73. The molecule has 1 aliphatic rings. The molecule has 9 nitrogen and oxygen atoms in total. The van der Waals surface area contributed by atoms with Crippen LogP contribution in [0.5, 0.6) is 0 Å². The quantitative estimate of drug-likeness (QED) is 0.384. The molecular formula is C20H18F4N4O5S. The third-order valence-electron chi connectivity index (χ3n) is 4.97. The van der Waals surface area contributed by atoms with E-state index in [9.17, 15) is 35.9 Å². The first-order valence-electron chi connectivity index (χ1n) is 9.55. The fraction of sp³-hybridized carbons (Fsp3) is 0.350. The van der Waals surface area contributed by atoms with Crippen LogP contribution in [0.15, 0.2) is 35.4 Å². The zero-order valence-corrected chi connectivity index (χ0v) is 18.5. The number of carbonyl (C=O) groups excluding carboxylic acids is 1. The molecule has 1 saturated heterocycles. The third kappa shape index (κ3) is 5.27. The van der Waals surface area contributed by atoms with E-state index in [1.807, 2.05) is 0 Å². The van der Waals surface area contributed by atoms with E-state index in [0.717, 1.165) is 25.3 Å². The number of anilines is 1. The molecule has 0 bridgehead atoms. The number of halogens is 4. The second kappa shape index (κ2) is 8.82. The van der Waals surface area contributed by atoms with Crippen molar-refractivity contribution >= 4 is 21.4 Å². The number of pyridine rings is 1. The lowest BCUT2D eigenvalue weighted by molar-refractivity contribution is -0.138. The molecule has 1 aromatic heterocycles. The van der Waals surface area contributed by atoms with Crippen LogP contribution in [0.1, 0.15) is 28.5 Å². The number of carbonyl (C=O) groups is 1. The first-order chi connectivity index (χ1) is 15.7. The maximum Gasteiger partial charge on any atom is 0.419 e. The van der Waals surface area contributed by atoms with Crippen LogP contribution in [0.2, 0.25) is 0 Å². The summed E-state index contributed by atoms with van der Waals surface area (Å²) in [7, 11) is -2.97. The fourth-order valence-corrected chi connectivity index (χ4v) is 4.93. The zero-order chi connectivity index (χ0) is 25.5. The van der Waals surface area contributed by atoms with Gasteiger partial charge in [0, 0.05) is 7.05 Å².